The second-order valence-electron chi connectivity index (χ2n) is 3.57. The van der Waals surface area contributed by atoms with Gasteiger partial charge in [0, 0.05) is 20.1 Å². The normalized spacial score (nSPS) is 13.7. The van der Waals surface area contributed by atoms with Crippen LogP contribution in [0.2, 0.25) is 0 Å². The minimum Gasteiger partial charge on any atom is -0.389 e. The highest BCUT2D eigenvalue weighted by Gasteiger charge is 2.23. The van der Waals surface area contributed by atoms with E-state index in [4.69, 9.17) is 0 Å². The van der Waals surface area contributed by atoms with E-state index in [0.717, 1.165) is 4.31 Å². The molecule has 0 saturated carbocycles. The topological polar surface area (TPSA) is 69.6 Å². The van der Waals surface area contributed by atoms with Crippen molar-refractivity contribution in [3.63, 3.8) is 0 Å². The lowest BCUT2D eigenvalue weighted by Crippen LogP contribution is -2.44. The molecule has 80 valence electrons. The van der Waals surface area contributed by atoms with Crippen molar-refractivity contribution in [3.05, 3.63) is 0 Å². The zero-order valence-electron chi connectivity index (χ0n) is 8.53. The van der Waals surface area contributed by atoms with Crippen LogP contribution in [0.4, 0.5) is 0 Å². The zero-order valence-corrected chi connectivity index (χ0v) is 9.35. The average Bonchev–Trinajstić information content (AvgIpc) is 1.82. The molecule has 0 spiro atoms. The molecule has 0 atom stereocenters. The summed E-state index contributed by atoms with van der Waals surface area (Å²) in [5, 5.41) is 9.39. The SMILES string of the molecule is CCNS(=O)(=O)N(C)CC(C)(C)O. The molecule has 0 aromatic carbocycles. The Labute approximate surface area is 79.9 Å². The van der Waals surface area contributed by atoms with Crippen LogP contribution in [0.5, 0.6) is 0 Å². The average molecular weight is 210 g/mol. The smallest absolute Gasteiger partial charge is 0.279 e. The quantitative estimate of drug-likeness (QED) is 0.645. The first kappa shape index (κ1) is 12.8. The van der Waals surface area contributed by atoms with Gasteiger partial charge in [0.15, 0.2) is 0 Å². The van der Waals surface area contributed by atoms with E-state index in [1.807, 2.05) is 0 Å². The molecule has 0 saturated heterocycles. The monoisotopic (exact) mass is 210 g/mol. The van der Waals surface area contributed by atoms with Gasteiger partial charge in [-0.15, -0.1) is 0 Å². The summed E-state index contributed by atoms with van der Waals surface area (Å²) in [7, 11) is -1.99. The molecule has 6 heteroatoms. The summed E-state index contributed by atoms with van der Waals surface area (Å²) in [5.41, 5.74) is -1.02. The highest BCUT2D eigenvalue weighted by Crippen LogP contribution is 2.05. The van der Waals surface area contributed by atoms with Crippen LogP contribution < -0.4 is 4.72 Å². The lowest BCUT2D eigenvalue weighted by Gasteiger charge is -2.24. The van der Waals surface area contributed by atoms with Crippen molar-refractivity contribution in [2.75, 3.05) is 20.1 Å². The van der Waals surface area contributed by atoms with Crippen LogP contribution in [-0.4, -0.2) is 43.6 Å². The Morgan fingerprint density at radius 3 is 2.23 bits per heavy atom. The van der Waals surface area contributed by atoms with E-state index in [9.17, 15) is 13.5 Å². The van der Waals surface area contributed by atoms with E-state index in [1.54, 1.807) is 20.8 Å². The number of nitrogens with zero attached hydrogens (tertiary/aromatic N) is 1. The molecule has 0 radical (unpaired) electrons. The predicted molar refractivity (Wildman–Crippen MR) is 51.5 cm³/mol. The molecule has 0 fully saturated rings. The minimum atomic E-state index is -3.42. The molecule has 0 aliphatic rings. The number of aliphatic hydroxyl groups is 1. The molecule has 0 unspecified atom stereocenters. The van der Waals surface area contributed by atoms with Crippen molar-refractivity contribution >= 4 is 10.2 Å². The Kier molecular flexibility index (Phi) is 4.31. The minimum absolute atomic E-state index is 0.0718. The van der Waals surface area contributed by atoms with E-state index in [0.29, 0.717) is 6.54 Å². The standard InChI is InChI=1S/C7H18N2O3S/c1-5-8-13(11,12)9(4)6-7(2,3)10/h8,10H,5-6H2,1-4H3. The molecule has 2 N–H and O–H groups in total. The van der Waals surface area contributed by atoms with Crippen molar-refractivity contribution < 1.29 is 13.5 Å². The Hall–Kier alpha value is -0.170. The Balaban J connectivity index is 4.35. The predicted octanol–water partition coefficient (Wildman–Crippen LogP) is -0.457. The summed E-state index contributed by atoms with van der Waals surface area (Å²) in [5.74, 6) is 0. The van der Waals surface area contributed by atoms with E-state index >= 15 is 0 Å². The molecule has 0 amide bonds. The van der Waals surface area contributed by atoms with Crippen molar-refractivity contribution in [1.82, 2.24) is 9.03 Å². The molecule has 0 aliphatic heterocycles. The highest BCUT2D eigenvalue weighted by molar-refractivity contribution is 7.87. The maximum Gasteiger partial charge on any atom is 0.279 e. The van der Waals surface area contributed by atoms with Gasteiger partial charge in [0.1, 0.15) is 0 Å². The summed E-state index contributed by atoms with van der Waals surface area (Å²) in [4.78, 5) is 0. The van der Waals surface area contributed by atoms with Crippen molar-refractivity contribution in [3.8, 4) is 0 Å². The van der Waals surface area contributed by atoms with Gasteiger partial charge in [-0.2, -0.15) is 12.7 Å². The first-order valence-corrected chi connectivity index (χ1v) is 5.56. The van der Waals surface area contributed by atoms with Crippen LogP contribution in [0.3, 0.4) is 0 Å². The van der Waals surface area contributed by atoms with Crippen LogP contribution in [-0.2, 0) is 10.2 Å². The third-order valence-corrected chi connectivity index (χ3v) is 2.95. The lowest BCUT2D eigenvalue weighted by atomic mass is 10.1. The van der Waals surface area contributed by atoms with Gasteiger partial charge in [0.05, 0.1) is 5.60 Å². The fourth-order valence-electron chi connectivity index (χ4n) is 0.922. The second kappa shape index (κ2) is 4.36. The summed E-state index contributed by atoms with van der Waals surface area (Å²) >= 11 is 0. The Morgan fingerprint density at radius 2 is 1.92 bits per heavy atom. The number of nitrogens with one attached hydrogen (secondary N) is 1. The fourth-order valence-corrected chi connectivity index (χ4v) is 1.99. The van der Waals surface area contributed by atoms with E-state index in [2.05, 4.69) is 4.72 Å². The molecular weight excluding hydrogens is 192 g/mol. The summed E-state index contributed by atoms with van der Waals surface area (Å²) < 4.78 is 26.0. The highest BCUT2D eigenvalue weighted by atomic mass is 32.2. The van der Waals surface area contributed by atoms with Gasteiger partial charge in [-0.25, -0.2) is 4.72 Å². The van der Waals surface area contributed by atoms with Gasteiger partial charge in [-0.3, -0.25) is 0 Å². The molecule has 5 nitrogen and oxygen atoms in total. The third kappa shape index (κ3) is 5.20. The summed E-state index contributed by atoms with van der Waals surface area (Å²) in [6, 6.07) is 0. The van der Waals surface area contributed by atoms with Crippen LogP contribution in [0.15, 0.2) is 0 Å². The van der Waals surface area contributed by atoms with Crippen LogP contribution in [0, 0.1) is 0 Å². The van der Waals surface area contributed by atoms with Gasteiger partial charge in [0.25, 0.3) is 10.2 Å². The Bertz CT molecular complexity index is 243. The van der Waals surface area contributed by atoms with Crippen LogP contribution in [0.25, 0.3) is 0 Å². The molecule has 0 aliphatic carbocycles. The second-order valence-corrected chi connectivity index (χ2v) is 5.43. The lowest BCUT2D eigenvalue weighted by molar-refractivity contribution is 0.0637. The molecule has 0 aromatic rings. The molecule has 0 bridgehead atoms. The molecule has 0 aromatic heterocycles. The number of hydrogen-bond donors (Lipinski definition) is 2. The van der Waals surface area contributed by atoms with Gasteiger partial charge >= 0.3 is 0 Å². The van der Waals surface area contributed by atoms with Gasteiger partial charge in [0.2, 0.25) is 0 Å². The van der Waals surface area contributed by atoms with Crippen molar-refractivity contribution in [2.24, 2.45) is 0 Å². The number of likely N-dealkylation sites (N-methyl/N-ethyl adjacent to an activating group) is 1. The van der Waals surface area contributed by atoms with Gasteiger partial charge < -0.3 is 5.11 Å². The number of hydrogen-bond acceptors (Lipinski definition) is 3. The van der Waals surface area contributed by atoms with Crippen LogP contribution >= 0.6 is 0 Å². The van der Waals surface area contributed by atoms with Crippen LogP contribution in [0.1, 0.15) is 20.8 Å². The van der Waals surface area contributed by atoms with E-state index in [1.165, 1.54) is 7.05 Å². The maximum atomic E-state index is 11.3. The van der Waals surface area contributed by atoms with E-state index < -0.39 is 15.8 Å². The molecule has 0 rings (SSSR count). The molecular formula is C7H18N2O3S. The van der Waals surface area contributed by atoms with Gasteiger partial charge in [-0.1, -0.05) is 6.92 Å². The molecule has 13 heavy (non-hydrogen) atoms. The van der Waals surface area contributed by atoms with Gasteiger partial charge in [-0.05, 0) is 13.8 Å². The summed E-state index contributed by atoms with van der Waals surface area (Å²) in [6.45, 7) is 5.24. The summed E-state index contributed by atoms with van der Waals surface area (Å²) in [6.07, 6.45) is 0. The largest absolute Gasteiger partial charge is 0.389 e. The first-order valence-electron chi connectivity index (χ1n) is 4.12. The fraction of sp³-hybridized carbons (Fsp3) is 1.00. The van der Waals surface area contributed by atoms with Crippen molar-refractivity contribution in [2.45, 2.75) is 26.4 Å². The first-order chi connectivity index (χ1) is 5.69. The van der Waals surface area contributed by atoms with Crippen molar-refractivity contribution in [1.29, 1.82) is 0 Å². The molecule has 0 heterocycles. The zero-order chi connectivity index (χ0) is 10.7. The Morgan fingerprint density at radius 1 is 1.46 bits per heavy atom. The maximum absolute atomic E-state index is 11.3. The number of rotatable bonds is 5. The third-order valence-electron chi connectivity index (χ3n) is 1.35. The van der Waals surface area contributed by atoms with E-state index in [-0.39, 0.29) is 6.54 Å².